The molecular formula is C14H19N3O3S. The number of aliphatic hydroxyl groups is 1. The summed E-state index contributed by atoms with van der Waals surface area (Å²) in [6.07, 6.45) is 0. The van der Waals surface area contributed by atoms with Gasteiger partial charge in [-0.2, -0.15) is 0 Å². The number of hydrogen-bond acceptors (Lipinski definition) is 6. The van der Waals surface area contributed by atoms with Crippen LogP contribution in [-0.2, 0) is 5.60 Å². The van der Waals surface area contributed by atoms with Crippen LogP contribution >= 0.6 is 11.3 Å². The predicted octanol–water partition coefficient (Wildman–Crippen LogP) is 2.11. The minimum absolute atomic E-state index is 0.0485. The zero-order chi connectivity index (χ0) is 15.5. The van der Waals surface area contributed by atoms with Crippen molar-refractivity contribution in [2.24, 2.45) is 0 Å². The molecule has 114 valence electrons. The van der Waals surface area contributed by atoms with Gasteiger partial charge in [-0.3, -0.25) is 4.79 Å². The molecule has 0 bridgehead atoms. The van der Waals surface area contributed by atoms with E-state index < -0.39 is 5.60 Å². The molecule has 0 fully saturated rings. The minimum Gasteiger partial charge on any atom is -0.463 e. The summed E-state index contributed by atoms with van der Waals surface area (Å²) in [6, 6.07) is 3.47. The Bertz CT molecular complexity index is 619. The maximum absolute atomic E-state index is 12.0. The quantitative estimate of drug-likeness (QED) is 0.761. The molecular weight excluding hydrogens is 290 g/mol. The number of hydrogen-bond donors (Lipinski definition) is 3. The predicted molar refractivity (Wildman–Crippen MR) is 81.6 cm³/mol. The molecule has 0 saturated carbocycles. The van der Waals surface area contributed by atoms with E-state index >= 15 is 0 Å². The van der Waals surface area contributed by atoms with Crippen LogP contribution in [0, 0.1) is 6.92 Å². The van der Waals surface area contributed by atoms with Crippen molar-refractivity contribution in [3.05, 3.63) is 34.7 Å². The molecule has 21 heavy (non-hydrogen) atoms. The molecule has 0 saturated heterocycles. The van der Waals surface area contributed by atoms with Crippen molar-refractivity contribution in [1.29, 1.82) is 0 Å². The van der Waals surface area contributed by atoms with E-state index in [1.165, 1.54) is 11.3 Å². The highest BCUT2D eigenvalue weighted by Gasteiger charge is 2.27. The van der Waals surface area contributed by atoms with Gasteiger partial charge < -0.3 is 20.2 Å². The first-order chi connectivity index (χ1) is 9.92. The van der Waals surface area contributed by atoms with E-state index in [-0.39, 0.29) is 12.5 Å². The topological polar surface area (TPSA) is 87.4 Å². The monoisotopic (exact) mass is 309 g/mol. The number of thiazole rings is 1. The van der Waals surface area contributed by atoms with E-state index in [0.717, 1.165) is 6.54 Å². The fourth-order valence-corrected chi connectivity index (χ4v) is 2.53. The second-order valence-corrected chi connectivity index (χ2v) is 5.79. The zero-order valence-electron chi connectivity index (χ0n) is 12.3. The molecule has 2 aromatic heterocycles. The molecule has 0 aliphatic rings. The molecule has 1 atom stereocenters. The van der Waals surface area contributed by atoms with Gasteiger partial charge in [0.25, 0.3) is 5.91 Å². The number of nitrogens with one attached hydrogen (secondary N) is 2. The van der Waals surface area contributed by atoms with Gasteiger partial charge in [0.2, 0.25) is 0 Å². The van der Waals surface area contributed by atoms with Crippen molar-refractivity contribution in [3.8, 4) is 0 Å². The van der Waals surface area contributed by atoms with Gasteiger partial charge in [-0.05, 0) is 32.9 Å². The van der Waals surface area contributed by atoms with Crippen LogP contribution in [0.4, 0.5) is 5.13 Å². The Kier molecular flexibility index (Phi) is 4.64. The standard InChI is InChI=1S/C14H19N3O3S/c1-4-15-13-17-10(7-21-13)12(18)16-8-14(3,19)11-6-5-9(2)20-11/h5-7,19H,4,8H2,1-3H3,(H,15,17)(H,16,18). The Labute approximate surface area is 127 Å². The Morgan fingerprint density at radius 1 is 1.52 bits per heavy atom. The number of furan rings is 1. The lowest BCUT2D eigenvalue weighted by Crippen LogP contribution is -2.38. The molecule has 0 spiro atoms. The van der Waals surface area contributed by atoms with Crippen molar-refractivity contribution >= 4 is 22.4 Å². The van der Waals surface area contributed by atoms with E-state index in [1.807, 2.05) is 6.92 Å². The van der Waals surface area contributed by atoms with Gasteiger partial charge in [0, 0.05) is 11.9 Å². The lowest BCUT2D eigenvalue weighted by Gasteiger charge is -2.20. The molecule has 2 aromatic rings. The van der Waals surface area contributed by atoms with Crippen molar-refractivity contribution < 1.29 is 14.3 Å². The molecule has 3 N–H and O–H groups in total. The highest BCUT2D eigenvalue weighted by Crippen LogP contribution is 2.22. The van der Waals surface area contributed by atoms with Crippen LogP contribution in [0.1, 0.15) is 35.9 Å². The third-order valence-electron chi connectivity index (χ3n) is 2.93. The molecule has 1 amide bonds. The fraction of sp³-hybridized carbons (Fsp3) is 0.429. The summed E-state index contributed by atoms with van der Waals surface area (Å²) in [5.74, 6) is 0.817. The Balaban J connectivity index is 1.96. The van der Waals surface area contributed by atoms with E-state index in [1.54, 1.807) is 31.4 Å². The summed E-state index contributed by atoms with van der Waals surface area (Å²) in [7, 11) is 0. The van der Waals surface area contributed by atoms with Crippen LogP contribution in [0.15, 0.2) is 21.9 Å². The van der Waals surface area contributed by atoms with Gasteiger partial charge in [-0.1, -0.05) is 0 Å². The summed E-state index contributed by atoms with van der Waals surface area (Å²) in [5, 5.41) is 18.4. The van der Waals surface area contributed by atoms with E-state index in [2.05, 4.69) is 15.6 Å². The number of aryl methyl sites for hydroxylation is 1. The number of anilines is 1. The smallest absolute Gasteiger partial charge is 0.270 e. The van der Waals surface area contributed by atoms with Gasteiger partial charge in [0.05, 0.1) is 6.54 Å². The summed E-state index contributed by atoms with van der Waals surface area (Å²) >= 11 is 1.37. The number of aromatic nitrogens is 1. The van der Waals surface area contributed by atoms with Gasteiger partial charge >= 0.3 is 0 Å². The van der Waals surface area contributed by atoms with E-state index in [4.69, 9.17) is 4.42 Å². The van der Waals surface area contributed by atoms with Gasteiger partial charge in [0.1, 0.15) is 22.8 Å². The number of amides is 1. The molecule has 0 radical (unpaired) electrons. The maximum atomic E-state index is 12.0. The molecule has 0 aromatic carbocycles. The summed E-state index contributed by atoms with van der Waals surface area (Å²) < 4.78 is 5.40. The van der Waals surface area contributed by atoms with Crippen LogP contribution in [0.25, 0.3) is 0 Å². The van der Waals surface area contributed by atoms with Crippen LogP contribution in [0.5, 0.6) is 0 Å². The highest BCUT2D eigenvalue weighted by molar-refractivity contribution is 7.13. The third-order valence-corrected chi connectivity index (χ3v) is 3.73. The van der Waals surface area contributed by atoms with Crippen molar-refractivity contribution in [1.82, 2.24) is 10.3 Å². The fourth-order valence-electron chi connectivity index (χ4n) is 1.76. The van der Waals surface area contributed by atoms with Crippen molar-refractivity contribution in [2.75, 3.05) is 18.4 Å². The highest BCUT2D eigenvalue weighted by atomic mass is 32.1. The maximum Gasteiger partial charge on any atom is 0.270 e. The summed E-state index contributed by atoms with van der Waals surface area (Å²) in [6.45, 7) is 6.16. The SMILES string of the molecule is CCNc1nc(C(=O)NCC(C)(O)c2ccc(C)o2)cs1. The number of carbonyl (C=O) groups is 1. The molecule has 1 unspecified atom stereocenters. The third kappa shape index (κ3) is 3.83. The molecule has 2 heterocycles. The molecule has 7 heteroatoms. The Hall–Kier alpha value is -1.86. The van der Waals surface area contributed by atoms with Crippen LogP contribution in [0.3, 0.4) is 0 Å². The lowest BCUT2D eigenvalue weighted by molar-refractivity contribution is 0.0323. The average molecular weight is 309 g/mol. The molecule has 2 rings (SSSR count). The number of rotatable bonds is 6. The van der Waals surface area contributed by atoms with Crippen molar-refractivity contribution in [2.45, 2.75) is 26.4 Å². The normalized spacial score (nSPS) is 13.7. The van der Waals surface area contributed by atoms with E-state index in [0.29, 0.717) is 22.3 Å². The zero-order valence-corrected chi connectivity index (χ0v) is 13.1. The lowest BCUT2D eigenvalue weighted by atomic mass is 10.0. The first-order valence-electron chi connectivity index (χ1n) is 6.69. The van der Waals surface area contributed by atoms with Crippen LogP contribution < -0.4 is 10.6 Å². The molecule has 6 nitrogen and oxygen atoms in total. The summed E-state index contributed by atoms with van der Waals surface area (Å²) in [4.78, 5) is 16.2. The number of carbonyl (C=O) groups excluding carboxylic acids is 1. The van der Waals surface area contributed by atoms with Gasteiger partial charge in [-0.25, -0.2) is 4.98 Å². The largest absolute Gasteiger partial charge is 0.463 e. The van der Waals surface area contributed by atoms with Crippen molar-refractivity contribution in [3.63, 3.8) is 0 Å². The summed E-state index contributed by atoms with van der Waals surface area (Å²) in [5.41, 5.74) is -0.924. The first kappa shape index (κ1) is 15.5. The molecule has 0 aliphatic carbocycles. The van der Waals surface area contributed by atoms with Gasteiger partial charge in [-0.15, -0.1) is 11.3 Å². The second kappa shape index (κ2) is 6.28. The van der Waals surface area contributed by atoms with E-state index in [9.17, 15) is 9.90 Å². The van der Waals surface area contributed by atoms with Crippen LogP contribution in [-0.4, -0.2) is 29.1 Å². The van der Waals surface area contributed by atoms with Crippen LogP contribution in [0.2, 0.25) is 0 Å². The number of nitrogens with zero attached hydrogens (tertiary/aromatic N) is 1. The second-order valence-electron chi connectivity index (χ2n) is 4.94. The first-order valence-corrected chi connectivity index (χ1v) is 7.57. The van der Waals surface area contributed by atoms with Gasteiger partial charge in [0.15, 0.2) is 5.13 Å². The molecule has 0 aliphatic heterocycles. The Morgan fingerprint density at radius 3 is 2.90 bits per heavy atom. The minimum atomic E-state index is -1.26. The Morgan fingerprint density at radius 2 is 2.29 bits per heavy atom. The average Bonchev–Trinajstić information content (AvgIpc) is 3.06.